The molecule has 0 amide bonds. The van der Waals surface area contributed by atoms with Gasteiger partial charge in [0.05, 0.1) is 0 Å². The maximum atomic E-state index is 12.8. The van der Waals surface area contributed by atoms with Crippen molar-refractivity contribution in [3.8, 4) is 0 Å². The first kappa shape index (κ1) is 22.4. The van der Waals surface area contributed by atoms with Crippen LogP contribution in [0.25, 0.3) is 0 Å². The van der Waals surface area contributed by atoms with E-state index < -0.39 is 18.2 Å². The van der Waals surface area contributed by atoms with Gasteiger partial charge in [0.2, 0.25) is 5.84 Å². The predicted molar refractivity (Wildman–Crippen MR) is 94.6 cm³/mol. The van der Waals surface area contributed by atoms with E-state index in [0.717, 1.165) is 10.5 Å². The normalized spacial score (nSPS) is 14.8. The van der Waals surface area contributed by atoms with Crippen LogP contribution in [0.2, 0.25) is 0 Å². The molecule has 8 heteroatoms. The van der Waals surface area contributed by atoms with Crippen LogP contribution in [-0.2, 0) is 0 Å². The lowest BCUT2D eigenvalue weighted by atomic mass is 10.2. The Morgan fingerprint density at radius 2 is 1.88 bits per heavy atom. The molecule has 0 aromatic heterocycles. The molecule has 0 aliphatic carbocycles. The highest BCUT2D eigenvalue weighted by Crippen LogP contribution is 2.22. The van der Waals surface area contributed by atoms with E-state index in [2.05, 4.69) is 18.3 Å². The van der Waals surface area contributed by atoms with Gasteiger partial charge >= 0.3 is 6.18 Å². The zero-order valence-corrected chi connectivity index (χ0v) is 15.1. The second-order valence-corrected chi connectivity index (χ2v) is 5.92. The van der Waals surface area contributed by atoms with E-state index in [1.165, 1.54) is 13.1 Å². The van der Waals surface area contributed by atoms with Crippen molar-refractivity contribution in [2.24, 2.45) is 4.99 Å². The molecule has 0 bridgehead atoms. The molecule has 0 spiro atoms. The molecule has 0 saturated carbocycles. The highest BCUT2D eigenvalue weighted by atomic mass is 35.5. The SMILES string of the molecule is C=CC(N(C)C(=N)C(F)(F)F)N(CC(C)=CC=C(Cl)N=C)C(C)C. The van der Waals surface area contributed by atoms with Crippen LogP contribution in [0, 0.1) is 5.41 Å². The molecule has 0 fully saturated rings. The Labute approximate surface area is 146 Å². The number of aliphatic imine (C=N–C) groups is 1. The quantitative estimate of drug-likeness (QED) is 0.173. The summed E-state index contributed by atoms with van der Waals surface area (Å²) < 4.78 is 38.4. The van der Waals surface area contributed by atoms with Gasteiger partial charge in [-0.05, 0) is 33.6 Å². The van der Waals surface area contributed by atoms with Gasteiger partial charge in [-0.25, -0.2) is 0 Å². The lowest BCUT2D eigenvalue weighted by molar-refractivity contribution is -0.0733. The number of hydrogen-bond acceptors (Lipinski definition) is 3. The van der Waals surface area contributed by atoms with E-state index in [-0.39, 0.29) is 11.2 Å². The molecule has 0 radical (unpaired) electrons. The van der Waals surface area contributed by atoms with E-state index in [4.69, 9.17) is 17.0 Å². The molecule has 0 aromatic rings. The summed E-state index contributed by atoms with van der Waals surface area (Å²) in [6.07, 6.45) is -0.814. The lowest BCUT2D eigenvalue weighted by Crippen LogP contribution is -2.53. The van der Waals surface area contributed by atoms with Crippen molar-refractivity contribution in [1.29, 1.82) is 5.41 Å². The van der Waals surface area contributed by atoms with Crippen molar-refractivity contribution in [2.45, 2.75) is 39.2 Å². The number of halogens is 4. The number of nitrogens with zero attached hydrogens (tertiary/aromatic N) is 3. The van der Waals surface area contributed by atoms with Gasteiger partial charge < -0.3 is 4.90 Å². The zero-order valence-electron chi connectivity index (χ0n) is 14.4. The summed E-state index contributed by atoms with van der Waals surface area (Å²) in [5.74, 6) is -1.42. The average Bonchev–Trinajstić information content (AvgIpc) is 2.49. The highest BCUT2D eigenvalue weighted by Gasteiger charge is 2.40. The number of nitrogens with one attached hydrogen (secondary N) is 1. The van der Waals surface area contributed by atoms with Crippen molar-refractivity contribution >= 4 is 24.2 Å². The molecule has 0 aromatic carbocycles. The Bertz CT molecular complexity index is 524. The Hall–Kier alpha value is -1.60. The summed E-state index contributed by atoms with van der Waals surface area (Å²) in [7, 11) is 1.23. The first-order valence-corrected chi connectivity index (χ1v) is 7.60. The summed E-state index contributed by atoms with van der Waals surface area (Å²) in [5.41, 5.74) is 0.865. The van der Waals surface area contributed by atoms with Crippen LogP contribution in [0.15, 0.2) is 40.5 Å². The number of alkyl halides is 3. The minimum Gasteiger partial charge on any atom is -0.337 e. The van der Waals surface area contributed by atoms with Crippen molar-refractivity contribution in [2.75, 3.05) is 13.6 Å². The maximum Gasteiger partial charge on any atom is 0.448 e. The third kappa shape index (κ3) is 6.88. The van der Waals surface area contributed by atoms with Crippen molar-refractivity contribution in [3.63, 3.8) is 0 Å². The van der Waals surface area contributed by atoms with E-state index in [1.54, 1.807) is 17.1 Å². The molecule has 0 rings (SSSR count). The Kier molecular flexibility index (Phi) is 8.99. The number of allylic oxidation sites excluding steroid dienone is 2. The lowest BCUT2D eigenvalue weighted by Gasteiger charge is -2.40. The molecule has 0 heterocycles. The molecule has 0 aliphatic rings. The topological polar surface area (TPSA) is 42.7 Å². The summed E-state index contributed by atoms with van der Waals surface area (Å²) in [6, 6.07) is -0.0724. The first-order valence-electron chi connectivity index (χ1n) is 7.22. The molecule has 24 heavy (non-hydrogen) atoms. The molecule has 0 saturated heterocycles. The Morgan fingerprint density at radius 1 is 1.33 bits per heavy atom. The second kappa shape index (κ2) is 9.64. The summed E-state index contributed by atoms with van der Waals surface area (Å²) in [4.78, 5) is 6.19. The van der Waals surface area contributed by atoms with Gasteiger partial charge in [-0.15, -0.1) is 0 Å². The molecule has 1 N–H and O–H groups in total. The van der Waals surface area contributed by atoms with Crippen LogP contribution in [-0.4, -0.2) is 54.3 Å². The molecule has 0 aliphatic heterocycles. The van der Waals surface area contributed by atoms with Crippen LogP contribution in [0.4, 0.5) is 13.2 Å². The van der Waals surface area contributed by atoms with Crippen LogP contribution in [0.1, 0.15) is 20.8 Å². The Morgan fingerprint density at radius 3 is 2.25 bits per heavy atom. The third-order valence-corrected chi connectivity index (χ3v) is 3.57. The largest absolute Gasteiger partial charge is 0.448 e. The third-order valence-electron chi connectivity index (χ3n) is 3.32. The van der Waals surface area contributed by atoms with E-state index in [0.29, 0.717) is 6.54 Å². The van der Waals surface area contributed by atoms with Gasteiger partial charge in [-0.2, -0.15) is 13.2 Å². The van der Waals surface area contributed by atoms with Crippen LogP contribution in [0.5, 0.6) is 0 Å². The van der Waals surface area contributed by atoms with Gasteiger partial charge in [-0.1, -0.05) is 35.9 Å². The molecular weight excluding hydrogens is 341 g/mol. The fourth-order valence-corrected chi connectivity index (χ4v) is 2.10. The van der Waals surface area contributed by atoms with Gasteiger partial charge in [0.25, 0.3) is 0 Å². The summed E-state index contributed by atoms with van der Waals surface area (Å²) in [5, 5.41) is 7.55. The number of amidine groups is 1. The molecular formula is C16H24ClF3N4. The minimum absolute atomic E-state index is 0.0724. The fourth-order valence-electron chi connectivity index (χ4n) is 2.03. The molecule has 136 valence electrons. The van der Waals surface area contributed by atoms with Crippen LogP contribution in [0.3, 0.4) is 0 Å². The second-order valence-electron chi connectivity index (χ2n) is 5.53. The molecule has 1 unspecified atom stereocenters. The van der Waals surface area contributed by atoms with Gasteiger partial charge in [0, 0.05) is 19.6 Å². The smallest absolute Gasteiger partial charge is 0.337 e. The van der Waals surface area contributed by atoms with Crippen LogP contribution < -0.4 is 0 Å². The van der Waals surface area contributed by atoms with E-state index in [1.807, 2.05) is 20.8 Å². The number of rotatable bonds is 8. The number of hydrogen-bond donors (Lipinski definition) is 1. The maximum absolute atomic E-state index is 12.8. The monoisotopic (exact) mass is 364 g/mol. The summed E-state index contributed by atoms with van der Waals surface area (Å²) in [6.45, 7) is 12.8. The van der Waals surface area contributed by atoms with Crippen molar-refractivity contribution in [1.82, 2.24) is 9.80 Å². The molecule has 1 atom stereocenters. The predicted octanol–water partition coefficient (Wildman–Crippen LogP) is 4.41. The van der Waals surface area contributed by atoms with Gasteiger partial charge in [0.15, 0.2) is 0 Å². The standard InChI is InChI=1S/C16H24ClF3N4/c1-7-14(23(6)15(21)16(18,19)20)24(11(2)3)10-12(4)8-9-13(17)22-5/h7-9,11,14,21H,1,5,10H2,2-4,6H3. The highest BCUT2D eigenvalue weighted by molar-refractivity contribution is 6.29. The van der Waals surface area contributed by atoms with Gasteiger partial charge in [-0.3, -0.25) is 15.3 Å². The van der Waals surface area contributed by atoms with Gasteiger partial charge in [0.1, 0.15) is 11.3 Å². The molecule has 4 nitrogen and oxygen atoms in total. The minimum atomic E-state index is -4.71. The van der Waals surface area contributed by atoms with E-state index >= 15 is 0 Å². The average molecular weight is 365 g/mol. The Balaban J connectivity index is 5.44. The number of likely N-dealkylation sites (N-methyl/N-ethyl adjacent to an activating group) is 1. The van der Waals surface area contributed by atoms with Crippen LogP contribution >= 0.6 is 11.6 Å². The summed E-state index contributed by atoms with van der Waals surface area (Å²) >= 11 is 5.74. The zero-order chi connectivity index (χ0) is 19.1. The van der Waals surface area contributed by atoms with Crippen molar-refractivity contribution < 1.29 is 13.2 Å². The fraction of sp³-hybridized carbons (Fsp3) is 0.500. The van der Waals surface area contributed by atoms with Crippen molar-refractivity contribution in [3.05, 3.63) is 35.5 Å². The first-order chi connectivity index (χ1) is 10.9. The van der Waals surface area contributed by atoms with E-state index in [9.17, 15) is 13.2 Å².